The normalized spacial score (nSPS) is 11.9. The fourth-order valence-electron chi connectivity index (χ4n) is 3.51. The minimum Gasteiger partial charge on any atom is -0.332 e. The van der Waals surface area contributed by atoms with E-state index in [1.807, 2.05) is 63.2 Å². The topological polar surface area (TPSA) is 57.7 Å². The van der Waals surface area contributed by atoms with Crippen LogP contribution in [0.5, 0.6) is 0 Å². The summed E-state index contributed by atoms with van der Waals surface area (Å²) in [5.41, 5.74) is 0.972. The molecule has 0 aliphatic heterocycles. The molecule has 182 valence electrons. The molecule has 0 saturated carbocycles. The van der Waals surface area contributed by atoms with E-state index < -0.39 is 10.0 Å². The maximum absolute atomic E-state index is 13.5. The first kappa shape index (κ1) is 26.7. The zero-order valence-electron chi connectivity index (χ0n) is 19.4. The zero-order chi connectivity index (χ0) is 24.9. The molecule has 9 heteroatoms. The Morgan fingerprint density at radius 3 is 2.32 bits per heavy atom. The average molecular weight is 540 g/mol. The van der Waals surface area contributed by atoms with Crippen LogP contribution in [-0.4, -0.2) is 36.6 Å². The van der Waals surface area contributed by atoms with E-state index >= 15 is 0 Å². The first-order valence-corrected chi connectivity index (χ1v) is 13.9. The van der Waals surface area contributed by atoms with Gasteiger partial charge in [0.2, 0.25) is 15.9 Å². The van der Waals surface area contributed by atoms with Gasteiger partial charge in [0.1, 0.15) is 4.90 Å². The number of carbonyl (C=O) groups is 1. The Morgan fingerprint density at radius 1 is 1.00 bits per heavy atom. The molecule has 0 atom stereocenters. The number of amides is 1. The first-order valence-electron chi connectivity index (χ1n) is 10.9. The number of nitrogens with zero attached hydrogens (tertiary/aromatic N) is 2. The SMILES string of the molecule is Cc1ccc(CN(Cc2ccccc2)C(=O)CN(CC(C)C)S(=O)(=O)c2cc(Cl)ccc2Cl)s1. The molecular formula is C25H28Cl2N2O3S2. The van der Waals surface area contributed by atoms with Gasteiger partial charge in [-0.3, -0.25) is 4.79 Å². The van der Waals surface area contributed by atoms with Crippen LogP contribution in [0.2, 0.25) is 10.0 Å². The van der Waals surface area contributed by atoms with Crippen molar-refractivity contribution < 1.29 is 13.2 Å². The maximum atomic E-state index is 13.5. The molecule has 1 aromatic heterocycles. The molecule has 0 saturated heterocycles. The van der Waals surface area contributed by atoms with Gasteiger partial charge in [0.05, 0.1) is 18.1 Å². The highest BCUT2D eigenvalue weighted by molar-refractivity contribution is 7.89. The van der Waals surface area contributed by atoms with Crippen molar-refractivity contribution in [2.45, 2.75) is 38.8 Å². The molecule has 3 rings (SSSR count). The van der Waals surface area contributed by atoms with Crippen molar-refractivity contribution in [3.05, 3.63) is 86.0 Å². The summed E-state index contributed by atoms with van der Waals surface area (Å²) in [4.78, 5) is 17.3. The standard InChI is InChI=1S/C25H28Cl2N2O3S2/c1-18(2)14-29(34(31,32)24-13-21(26)10-12-23(24)27)17-25(30)28(15-20-7-5-4-6-8-20)16-22-11-9-19(3)33-22/h4-13,18H,14-17H2,1-3H3. The van der Waals surface area contributed by atoms with Crippen molar-refractivity contribution in [2.75, 3.05) is 13.1 Å². The molecule has 0 unspecified atom stereocenters. The first-order chi connectivity index (χ1) is 16.1. The molecule has 0 aliphatic carbocycles. The van der Waals surface area contributed by atoms with E-state index in [-0.39, 0.29) is 39.9 Å². The van der Waals surface area contributed by atoms with Crippen LogP contribution < -0.4 is 0 Å². The van der Waals surface area contributed by atoms with Crippen molar-refractivity contribution in [1.29, 1.82) is 0 Å². The molecule has 34 heavy (non-hydrogen) atoms. The lowest BCUT2D eigenvalue weighted by Crippen LogP contribution is -2.43. The van der Waals surface area contributed by atoms with Crippen LogP contribution in [0.4, 0.5) is 0 Å². The smallest absolute Gasteiger partial charge is 0.245 e. The third kappa shape index (κ3) is 7.06. The van der Waals surface area contributed by atoms with Crippen LogP contribution in [0.3, 0.4) is 0 Å². The van der Waals surface area contributed by atoms with Crippen molar-refractivity contribution in [3.8, 4) is 0 Å². The lowest BCUT2D eigenvalue weighted by atomic mass is 10.2. The molecule has 2 aromatic carbocycles. The van der Waals surface area contributed by atoms with Crippen LogP contribution in [0.25, 0.3) is 0 Å². The lowest BCUT2D eigenvalue weighted by molar-refractivity contribution is -0.132. The van der Waals surface area contributed by atoms with Gasteiger partial charge < -0.3 is 4.90 Å². The van der Waals surface area contributed by atoms with E-state index in [9.17, 15) is 13.2 Å². The minimum atomic E-state index is -4.05. The van der Waals surface area contributed by atoms with Crippen molar-refractivity contribution in [3.63, 3.8) is 0 Å². The van der Waals surface area contributed by atoms with Gasteiger partial charge in [-0.1, -0.05) is 67.4 Å². The van der Waals surface area contributed by atoms with Gasteiger partial charge in [-0.25, -0.2) is 8.42 Å². The maximum Gasteiger partial charge on any atom is 0.245 e. The Morgan fingerprint density at radius 2 is 1.71 bits per heavy atom. The Kier molecular flexibility index (Phi) is 9.18. The quantitative estimate of drug-likeness (QED) is 0.307. The fourth-order valence-corrected chi connectivity index (χ4v) is 6.71. The Bertz CT molecular complexity index is 1230. The van der Waals surface area contributed by atoms with Gasteiger partial charge in [-0.2, -0.15) is 4.31 Å². The van der Waals surface area contributed by atoms with Gasteiger partial charge in [-0.05, 0) is 48.7 Å². The molecule has 1 heterocycles. The molecular weight excluding hydrogens is 511 g/mol. The second-order valence-corrected chi connectivity index (χ2v) is 12.6. The second-order valence-electron chi connectivity index (χ2n) is 8.51. The van der Waals surface area contributed by atoms with E-state index in [2.05, 4.69) is 0 Å². The number of carbonyl (C=O) groups excluding carboxylic acids is 1. The fraction of sp³-hybridized carbons (Fsp3) is 0.320. The van der Waals surface area contributed by atoms with Gasteiger partial charge >= 0.3 is 0 Å². The number of sulfonamides is 1. The second kappa shape index (κ2) is 11.7. The molecule has 1 amide bonds. The summed E-state index contributed by atoms with van der Waals surface area (Å²) < 4.78 is 28.3. The van der Waals surface area contributed by atoms with Crippen molar-refractivity contribution in [1.82, 2.24) is 9.21 Å². The van der Waals surface area contributed by atoms with Crippen molar-refractivity contribution >= 4 is 50.5 Å². The highest BCUT2D eigenvalue weighted by Crippen LogP contribution is 2.28. The van der Waals surface area contributed by atoms with E-state index in [1.165, 1.54) is 22.5 Å². The van der Waals surface area contributed by atoms with Gasteiger partial charge in [-0.15, -0.1) is 11.3 Å². The number of benzene rings is 2. The van der Waals surface area contributed by atoms with Gasteiger partial charge in [0, 0.05) is 27.9 Å². The van der Waals surface area contributed by atoms with Crippen LogP contribution in [-0.2, 0) is 27.9 Å². The summed E-state index contributed by atoms with van der Waals surface area (Å²) in [5.74, 6) is -0.277. The van der Waals surface area contributed by atoms with E-state index in [4.69, 9.17) is 23.2 Å². The molecule has 0 spiro atoms. The number of halogens is 2. The molecule has 0 bridgehead atoms. The summed E-state index contributed by atoms with van der Waals surface area (Å²) in [6.07, 6.45) is 0. The summed E-state index contributed by atoms with van der Waals surface area (Å²) in [6, 6.07) is 18.0. The highest BCUT2D eigenvalue weighted by Gasteiger charge is 2.31. The summed E-state index contributed by atoms with van der Waals surface area (Å²) >= 11 is 13.9. The highest BCUT2D eigenvalue weighted by atomic mass is 35.5. The Labute approximate surface area is 216 Å². The third-order valence-electron chi connectivity index (χ3n) is 5.10. The lowest BCUT2D eigenvalue weighted by Gasteiger charge is -2.28. The molecule has 0 N–H and O–H groups in total. The Balaban J connectivity index is 1.91. The predicted molar refractivity (Wildman–Crippen MR) is 140 cm³/mol. The summed E-state index contributed by atoms with van der Waals surface area (Å²) in [7, 11) is -4.05. The predicted octanol–water partition coefficient (Wildman–Crippen LogP) is 6.24. The van der Waals surface area contributed by atoms with Crippen molar-refractivity contribution in [2.24, 2.45) is 5.92 Å². The summed E-state index contributed by atoms with van der Waals surface area (Å²) in [6.45, 7) is 6.49. The van der Waals surface area contributed by atoms with Crippen LogP contribution in [0.15, 0.2) is 65.6 Å². The van der Waals surface area contributed by atoms with E-state index in [1.54, 1.807) is 16.2 Å². The molecule has 5 nitrogen and oxygen atoms in total. The number of hydrogen-bond donors (Lipinski definition) is 0. The van der Waals surface area contributed by atoms with E-state index in [0.29, 0.717) is 13.1 Å². The Hall–Kier alpha value is -1.90. The number of rotatable bonds is 10. The number of aryl methyl sites for hydroxylation is 1. The third-order valence-corrected chi connectivity index (χ3v) is 8.62. The van der Waals surface area contributed by atoms with Crippen LogP contribution >= 0.6 is 34.5 Å². The van der Waals surface area contributed by atoms with Gasteiger partial charge in [0.15, 0.2) is 0 Å². The molecule has 0 radical (unpaired) electrons. The summed E-state index contributed by atoms with van der Waals surface area (Å²) in [5, 5.41) is 0.332. The largest absolute Gasteiger partial charge is 0.332 e. The molecule has 3 aromatic rings. The molecule has 0 aliphatic rings. The van der Waals surface area contributed by atoms with Crippen LogP contribution in [0.1, 0.15) is 29.2 Å². The molecule has 0 fully saturated rings. The average Bonchev–Trinajstić information content (AvgIpc) is 3.19. The zero-order valence-corrected chi connectivity index (χ0v) is 22.5. The van der Waals surface area contributed by atoms with E-state index in [0.717, 1.165) is 15.3 Å². The van der Waals surface area contributed by atoms with Gasteiger partial charge in [0.25, 0.3) is 0 Å². The number of hydrogen-bond acceptors (Lipinski definition) is 4. The number of thiophene rings is 1. The van der Waals surface area contributed by atoms with Crippen LogP contribution in [0, 0.1) is 12.8 Å². The minimum absolute atomic E-state index is 0.00283. The monoisotopic (exact) mass is 538 g/mol.